The molecule has 0 saturated carbocycles. The molecule has 1 aromatic carbocycles. The maximum Gasteiger partial charge on any atom is 0.308 e. The van der Waals surface area contributed by atoms with Crippen LogP contribution in [0.1, 0.15) is 37.8 Å². The summed E-state index contributed by atoms with van der Waals surface area (Å²) < 4.78 is 11.5. The number of nitrogens with zero attached hydrogens (tertiary/aromatic N) is 1. The predicted molar refractivity (Wildman–Crippen MR) is 101 cm³/mol. The van der Waals surface area contributed by atoms with Crippen LogP contribution in [0.2, 0.25) is 0 Å². The van der Waals surface area contributed by atoms with Gasteiger partial charge >= 0.3 is 5.97 Å². The second-order valence-corrected chi connectivity index (χ2v) is 8.36. The quantitative estimate of drug-likeness (QED) is 0.876. The van der Waals surface area contributed by atoms with Gasteiger partial charge in [-0.3, -0.25) is 9.59 Å². The van der Waals surface area contributed by atoms with Gasteiger partial charge in [0.2, 0.25) is 0 Å². The molecule has 1 amide bonds. The summed E-state index contributed by atoms with van der Waals surface area (Å²) in [4.78, 5) is 26.8. The Labute approximate surface area is 160 Å². The van der Waals surface area contributed by atoms with Crippen molar-refractivity contribution < 1.29 is 24.2 Å². The van der Waals surface area contributed by atoms with Gasteiger partial charge in [0.15, 0.2) is 5.60 Å². The molecule has 2 aliphatic heterocycles. The molecule has 2 aliphatic rings. The number of ether oxygens (including phenoxy) is 2. The molecule has 1 aromatic rings. The lowest BCUT2D eigenvalue weighted by Gasteiger charge is -2.36. The Kier molecular flexibility index (Phi) is 5.21. The third-order valence-electron chi connectivity index (χ3n) is 6.16. The first-order chi connectivity index (χ1) is 12.7. The number of benzene rings is 1. The number of carbonyl (C=O) groups is 2. The number of hydrogen-bond donors (Lipinski definition) is 1. The van der Waals surface area contributed by atoms with Crippen LogP contribution in [0.15, 0.2) is 18.2 Å². The van der Waals surface area contributed by atoms with Crippen LogP contribution in [0, 0.1) is 25.2 Å². The number of amides is 1. The van der Waals surface area contributed by atoms with E-state index in [0.29, 0.717) is 38.3 Å². The third-order valence-corrected chi connectivity index (χ3v) is 6.16. The average molecular weight is 375 g/mol. The van der Waals surface area contributed by atoms with E-state index >= 15 is 0 Å². The Morgan fingerprint density at radius 2 is 1.93 bits per heavy atom. The van der Waals surface area contributed by atoms with Crippen LogP contribution in [0.4, 0.5) is 0 Å². The summed E-state index contributed by atoms with van der Waals surface area (Å²) in [6.07, 6.45) is 1.35. The normalized spacial score (nSPS) is 22.1. The number of hydrogen-bond acceptors (Lipinski definition) is 4. The lowest BCUT2D eigenvalue weighted by atomic mass is 9.72. The van der Waals surface area contributed by atoms with Crippen LogP contribution < -0.4 is 4.74 Å². The van der Waals surface area contributed by atoms with E-state index in [2.05, 4.69) is 0 Å². The maximum atomic E-state index is 13.2. The predicted octanol–water partition coefficient (Wildman–Crippen LogP) is 2.80. The van der Waals surface area contributed by atoms with E-state index in [4.69, 9.17) is 9.47 Å². The van der Waals surface area contributed by atoms with Gasteiger partial charge in [-0.1, -0.05) is 12.1 Å². The highest BCUT2D eigenvalue weighted by Crippen LogP contribution is 2.45. The van der Waals surface area contributed by atoms with E-state index in [1.807, 2.05) is 32.0 Å². The molecule has 0 aliphatic carbocycles. The molecule has 1 unspecified atom stereocenters. The molecule has 1 N–H and O–H groups in total. The summed E-state index contributed by atoms with van der Waals surface area (Å²) in [6, 6.07) is 5.77. The number of aliphatic carboxylic acids is 1. The number of likely N-dealkylation sites (tertiary alicyclic amines) is 1. The Morgan fingerprint density at radius 1 is 1.26 bits per heavy atom. The minimum absolute atomic E-state index is 0.168. The van der Waals surface area contributed by atoms with Gasteiger partial charge in [-0.25, -0.2) is 0 Å². The fourth-order valence-corrected chi connectivity index (χ4v) is 4.28. The molecule has 0 radical (unpaired) electrons. The van der Waals surface area contributed by atoms with Crippen molar-refractivity contribution in [1.29, 1.82) is 0 Å². The molecular formula is C21H29NO5. The highest BCUT2D eigenvalue weighted by molar-refractivity contribution is 5.86. The molecular weight excluding hydrogens is 346 g/mol. The van der Waals surface area contributed by atoms with Gasteiger partial charge in [-0.15, -0.1) is 0 Å². The highest BCUT2D eigenvalue weighted by Gasteiger charge is 2.53. The second-order valence-electron chi connectivity index (χ2n) is 8.36. The van der Waals surface area contributed by atoms with Crippen molar-refractivity contribution in [2.45, 2.75) is 46.1 Å². The Bertz CT molecular complexity index is 736. The van der Waals surface area contributed by atoms with Crippen molar-refractivity contribution >= 4 is 11.9 Å². The van der Waals surface area contributed by atoms with E-state index in [1.165, 1.54) is 0 Å². The summed E-state index contributed by atoms with van der Waals surface area (Å²) in [6.45, 7) is 9.26. The van der Waals surface area contributed by atoms with Gasteiger partial charge in [0.25, 0.3) is 5.91 Å². The first-order valence-electron chi connectivity index (χ1n) is 9.51. The van der Waals surface area contributed by atoms with Crippen LogP contribution in [0.5, 0.6) is 5.75 Å². The molecule has 0 bridgehead atoms. The number of carboxylic acids is 1. The molecule has 148 valence electrons. The van der Waals surface area contributed by atoms with Gasteiger partial charge in [0.05, 0.1) is 5.92 Å². The molecule has 1 atom stereocenters. The lowest BCUT2D eigenvalue weighted by molar-refractivity contribution is -0.147. The largest absolute Gasteiger partial charge is 0.481 e. The second kappa shape index (κ2) is 7.15. The highest BCUT2D eigenvalue weighted by atomic mass is 16.5. The number of rotatable bonds is 4. The first-order valence-corrected chi connectivity index (χ1v) is 9.51. The summed E-state index contributed by atoms with van der Waals surface area (Å²) in [7, 11) is 0. The van der Waals surface area contributed by atoms with Crippen molar-refractivity contribution in [3.05, 3.63) is 29.3 Å². The Balaban J connectivity index is 1.80. The monoisotopic (exact) mass is 375 g/mol. The van der Waals surface area contributed by atoms with Crippen molar-refractivity contribution in [1.82, 2.24) is 4.90 Å². The van der Waals surface area contributed by atoms with E-state index in [1.54, 1.807) is 18.7 Å². The molecule has 0 aromatic heterocycles. The Hall–Kier alpha value is -2.08. The van der Waals surface area contributed by atoms with E-state index in [9.17, 15) is 14.7 Å². The summed E-state index contributed by atoms with van der Waals surface area (Å²) in [5, 5.41) is 9.73. The fraction of sp³-hybridized carbons (Fsp3) is 0.619. The van der Waals surface area contributed by atoms with Crippen LogP contribution in [-0.4, -0.2) is 53.8 Å². The lowest BCUT2D eigenvalue weighted by Crippen LogP contribution is -2.49. The number of carbonyl (C=O) groups excluding carboxylic acids is 1. The smallest absolute Gasteiger partial charge is 0.308 e. The van der Waals surface area contributed by atoms with Crippen LogP contribution >= 0.6 is 0 Å². The van der Waals surface area contributed by atoms with Gasteiger partial charge in [0, 0.05) is 31.7 Å². The van der Waals surface area contributed by atoms with E-state index in [0.717, 1.165) is 11.1 Å². The van der Waals surface area contributed by atoms with Crippen LogP contribution in [-0.2, 0) is 14.3 Å². The van der Waals surface area contributed by atoms with E-state index in [-0.39, 0.29) is 12.5 Å². The first kappa shape index (κ1) is 19.7. The van der Waals surface area contributed by atoms with Crippen molar-refractivity contribution in [2.24, 2.45) is 11.3 Å². The average Bonchev–Trinajstić information content (AvgIpc) is 2.97. The third kappa shape index (κ3) is 3.68. The molecule has 2 saturated heterocycles. The van der Waals surface area contributed by atoms with Gasteiger partial charge in [0.1, 0.15) is 5.75 Å². The standard InChI is InChI=1S/C21H29NO5/c1-14-6-5-7-17(15(14)2)27-20(3,4)19(25)22-12-16(18(23)24)21(13-22)8-10-26-11-9-21/h5-7,16H,8-13H2,1-4H3,(H,23,24). The molecule has 6 heteroatoms. The minimum Gasteiger partial charge on any atom is -0.481 e. The molecule has 2 fully saturated rings. The van der Waals surface area contributed by atoms with Crippen LogP contribution in [0.25, 0.3) is 0 Å². The number of aryl methyl sites for hydroxylation is 1. The zero-order chi connectivity index (χ0) is 19.8. The molecule has 6 nitrogen and oxygen atoms in total. The maximum absolute atomic E-state index is 13.2. The zero-order valence-electron chi connectivity index (χ0n) is 16.6. The molecule has 2 heterocycles. The van der Waals surface area contributed by atoms with Crippen molar-refractivity contribution in [3.8, 4) is 5.75 Å². The summed E-state index contributed by atoms with van der Waals surface area (Å²) in [5.74, 6) is -0.872. The SMILES string of the molecule is Cc1cccc(OC(C)(C)C(=O)N2CC(C(=O)O)C3(CCOCC3)C2)c1C. The van der Waals surface area contributed by atoms with Crippen molar-refractivity contribution in [2.75, 3.05) is 26.3 Å². The zero-order valence-corrected chi connectivity index (χ0v) is 16.6. The molecule has 1 spiro atoms. The fourth-order valence-electron chi connectivity index (χ4n) is 4.28. The van der Waals surface area contributed by atoms with E-state index < -0.39 is 22.9 Å². The molecule has 3 rings (SSSR count). The Morgan fingerprint density at radius 3 is 2.56 bits per heavy atom. The molecule has 27 heavy (non-hydrogen) atoms. The topological polar surface area (TPSA) is 76.1 Å². The van der Waals surface area contributed by atoms with Gasteiger partial charge < -0.3 is 19.5 Å². The number of carboxylic acid groups (broad SMARTS) is 1. The summed E-state index contributed by atoms with van der Waals surface area (Å²) in [5.41, 5.74) is 0.640. The summed E-state index contributed by atoms with van der Waals surface area (Å²) >= 11 is 0. The van der Waals surface area contributed by atoms with Crippen LogP contribution in [0.3, 0.4) is 0 Å². The minimum atomic E-state index is -1.07. The van der Waals surface area contributed by atoms with Crippen molar-refractivity contribution in [3.63, 3.8) is 0 Å². The van der Waals surface area contributed by atoms with Gasteiger partial charge in [-0.05, 0) is 57.7 Å². The van der Waals surface area contributed by atoms with Gasteiger partial charge in [-0.2, -0.15) is 0 Å².